The Morgan fingerprint density at radius 2 is 0.882 bits per heavy atom. The molecule has 0 fully saturated rings. The highest BCUT2D eigenvalue weighted by molar-refractivity contribution is 6.12. The lowest BCUT2D eigenvalue weighted by atomic mass is 9.77. The summed E-state index contributed by atoms with van der Waals surface area (Å²) in [5.74, 6) is 0.903. The largest absolute Gasteiger partial charge is 0.310 e. The minimum Gasteiger partial charge on any atom is -0.310 e. The first-order chi connectivity index (χ1) is 24.4. The fourth-order valence-corrected chi connectivity index (χ4v) is 7.75. The van der Waals surface area contributed by atoms with Gasteiger partial charge < -0.3 is 4.90 Å². The van der Waals surface area contributed by atoms with Crippen LogP contribution in [0.4, 0.5) is 17.1 Å². The molecule has 0 spiro atoms. The first kappa shape index (κ1) is 33.0. The van der Waals surface area contributed by atoms with E-state index in [4.69, 9.17) is 0 Å². The molecule has 0 amide bonds. The molecule has 7 aromatic carbocycles. The first-order valence-corrected chi connectivity index (χ1v) is 18.6. The van der Waals surface area contributed by atoms with Gasteiger partial charge in [0, 0.05) is 17.1 Å². The van der Waals surface area contributed by atoms with Gasteiger partial charge in [0.25, 0.3) is 0 Å². The predicted molar refractivity (Wildman–Crippen MR) is 222 cm³/mol. The normalized spacial score (nSPS) is 12.4. The number of rotatable bonds is 6. The van der Waals surface area contributed by atoms with Gasteiger partial charge in [-0.25, -0.2) is 0 Å². The van der Waals surface area contributed by atoms with Gasteiger partial charge in [-0.2, -0.15) is 0 Å². The van der Waals surface area contributed by atoms with E-state index in [0.29, 0.717) is 11.8 Å². The quantitative estimate of drug-likeness (QED) is 0.171. The van der Waals surface area contributed by atoms with Crippen LogP contribution in [0.15, 0.2) is 121 Å². The van der Waals surface area contributed by atoms with E-state index in [1.807, 2.05) is 0 Å². The molecule has 0 radical (unpaired) electrons. The van der Waals surface area contributed by atoms with Gasteiger partial charge in [0.1, 0.15) is 0 Å². The van der Waals surface area contributed by atoms with E-state index in [1.165, 1.54) is 99.8 Å². The summed E-state index contributed by atoms with van der Waals surface area (Å²) in [6.45, 7) is 20.4. The van der Waals surface area contributed by atoms with Crippen LogP contribution in [0.2, 0.25) is 0 Å². The van der Waals surface area contributed by atoms with E-state index in [2.05, 4.69) is 189 Å². The molecule has 1 heteroatoms. The second-order valence-electron chi connectivity index (χ2n) is 16.5. The molecule has 1 nitrogen and oxygen atoms in total. The molecule has 0 saturated heterocycles. The summed E-state index contributed by atoms with van der Waals surface area (Å²) in [6, 6.07) is 46.6. The first-order valence-electron chi connectivity index (χ1n) is 18.6. The van der Waals surface area contributed by atoms with E-state index in [0.717, 1.165) is 0 Å². The fourth-order valence-electron chi connectivity index (χ4n) is 7.75. The molecule has 0 aromatic heterocycles. The van der Waals surface area contributed by atoms with Crippen molar-refractivity contribution < 1.29 is 0 Å². The van der Waals surface area contributed by atoms with Crippen LogP contribution in [0.25, 0.3) is 54.9 Å². The molecule has 0 saturated carbocycles. The van der Waals surface area contributed by atoms with E-state index < -0.39 is 0 Å². The van der Waals surface area contributed by atoms with Gasteiger partial charge in [-0.3, -0.25) is 0 Å². The Labute approximate surface area is 304 Å². The third-order valence-corrected chi connectivity index (χ3v) is 11.1. The van der Waals surface area contributed by atoms with Crippen LogP contribution < -0.4 is 4.90 Å². The molecule has 8 rings (SSSR count). The van der Waals surface area contributed by atoms with E-state index in [1.54, 1.807) is 0 Å². The average Bonchev–Trinajstić information content (AvgIpc) is 3.11. The zero-order chi connectivity index (χ0) is 35.8. The number of hydrogen-bond acceptors (Lipinski definition) is 1. The maximum absolute atomic E-state index is 2.50. The smallest absolute Gasteiger partial charge is 0.0493 e. The van der Waals surface area contributed by atoms with E-state index in [-0.39, 0.29) is 5.41 Å². The molecular formula is C50H49N. The molecule has 0 atom stereocenters. The van der Waals surface area contributed by atoms with Crippen molar-refractivity contribution in [2.45, 2.75) is 79.6 Å². The number of anilines is 3. The van der Waals surface area contributed by atoms with Crippen molar-refractivity contribution in [1.82, 2.24) is 0 Å². The maximum Gasteiger partial charge on any atom is 0.0493 e. The molecule has 254 valence electrons. The molecule has 51 heavy (non-hydrogen) atoms. The van der Waals surface area contributed by atoms with Crippen molar-refractivity contribution in [3.05, 3.63) is 149 Å². The summed E-state index contributed by atoms with van der Waals surface area (Å²) in [5.41, 5.74) is 18.4. The van der Waals surface area contributed by atoms with Crippen LogP contribution in [0.5, 0.6) is 0 Å². The lowest BCUT2D eigenvalue weighted by Crippen LogP contribution is -2.14. The molecule has 1 aliphatic rings. The second-order valence-corrected chi connectivity index (χ2v) is 16.5. The van der Waals surface area contributed by atoms with Gasteiger partial charge in [0.05, 0.1) is 0 Å². The van der Waals surface area contributed by atoms with Crippen molar-refractivity contribution in [2.24, 2.45) is 0 Å². The molecule has 0 bridgehead atoms. The topological polar surface area (TPSA) is 3.24 Å². The zero-order valence-corrected chi connectivity index (χ0v) is 31.6. The number of hydrogen-bond donors (Lipinski definition) is 0. The summed E-state index contributed by atoms with van der Waals surface area (Å²) in [6.07, 6.45) is 0. The van der Waals surface area contributed by atoms with E-state index >= 15 is 0 Å². The third-order valence-electron chi connectivity index (χ3n) is 11.1. The van der Waals surface area contributed by atoms with Crippen LogP contribution in [-0.4, -0.2) is 0 Å². The lowest BCUT2D eigenvalue weighted by molar-refractivity contribution is 0.590. The van der Waals surface area contributed by atoms with Gasteiger partial charge in [0.15, 0.2) is 0 Å². The van der Waals surface area contributed by atoms with Crippen LogP contribution in [0.3, 0.4) is 0 Å². The van der Waals surface area contributed by atoms with Crippen molar-refractivity contribution >= 4 is 38.6 Å². The van der Waals surface area contributed by atoms with Crippen LogP contribution in [-0.2, 0) is 5.41 Å². The Bertz CT molecular complexity index is 2410. The highest BCUT2D eigenvalue weighted by Gasteiger charge is 2.25. The van der Waals surface area contributed by atoms with E-state index in [9.17, 15) is 0 Å². The molecule has 0 N–H and O–H groups in total. The van der Waals surface area contributed by atoms with Crippen molar-refractivity contribution in [3.8, 4) is 33.4 Å². The molecular weight excluding hydrogens is 615 g/mol. The van der Waals surface area contributed by atoms with Crippen LogP contribution >= 0.6 is 0 Å². The standard InChI is InChI=1S/C50H49N/c1-30(2)35-12-10-32(5)48(28-35)51(49-29-36(31(3)4)13-11-33(49)6)43-21-18-39-25-45-46-26-40-22-37(34-16-19-42(20-17-34)50(7,8)9)14-15-38(40)24-44(46)47(45)27-41(39)23-43/h10-31H,1-9H3. The predicted octanol–water partition coefficient (Wildman–Crippen LogP) is 14.9. The Morgan fingerprint density at radius 1 is 0.431 bits per heavy atom. The third kappa shape index (κ3) is 5.83. The highest BCUT2D eigenvalue weighted by Crippen LogP contribution is 2.51. The molecule has 0 heterocycles. The molecule has 0 aliphatic heterocycles. The molecule has 7 aromatic rings. The van der Waals surface area contributed by atoms with Gasteiger partial charge >= 0.3 is 0 Å². The second kappa shape index (κ2) is 12.3. The Morgan fingerprint density at radius 3 is 1.37 bits per heavy atom. The Kier molecular flexibility index (Phi) is 7.95. The summed E-state index contributed by atoms with van der Waals surface area (Å²) in [4.78, 5) is 2.50. The Hall–Kier alpha value is -5.14. The average molecular weight is 664 g/mol. The lowest BCUT2D eigenvalue weighted by Gasteiger charge is -2.31. The summed E-state index contributed by atoms with van der Waals surface area (Å²) < 4.78 is 0. The van der Waals surface area contributed by atoms with Gasteiger partial charge in [-0.1, -0.05) is 115 Å². The number of fused-ring (bicyclic) bond motifs is 6. The number of nitrogens with zero attached hydrogens (tertiary/aromatic N) is 1. The Balaban J connectivity index is 1.21. The number of aryl methyl sites for hydroxylation is 2. The molecule has 0 unspecified atom stereocenters. The van der Waals surface area contributed by atoms with Crippen molar-refractivity contribution in [2.75, 3.05) is 4.90 Å². The zero-order valence-electron chi connectivity index (χ0n) is 31.6. The van der Waals surface area contributed by atoms with Gasteiger partial charge in [0.2, 0.25) is 0 Å². The minimum absolute atomic E-state index is 0.152. The number of benzene rings is 7. The van der Waals surface area contributed by atoms with Gasteiger partial charge in [-0.05, 0) is 168 Å². The van der Waals surface area contributed by atoms with Crippen molar-refractivity contribution in [1.29, 1.82) is 0 Å². The SMILES string of the molecule is Cc1ccc(C(C)C)cc1N(c1ccc2cc3c(cc2c1)-c1cc2ccc(-c4ccc(C(C)(C)C)cc4)cc2cc1-3)c1cc(C(C)C)ccc1C. The fraction of sp³-hybridized carbons (Fsp3) is 0.240. The summed E-state index contributed by atoms with van der Waals surface area (Å²) >= 11 is 0. The highest BCUT2D eigenvalue weighted by atomic mass is 15.1. The van der Waals surface area contributed by atoms with Gasteiger partial charge in [-0.15, -0.1) is 0 Å². The van der Waals surface area contributed by atoms with Crippen LogP contribution in [0, 0.1) is 13.8 Å². The summed E-state index contributed by atoms with van der Waals surface area (Å²) in [5, 5.41) is 5.12. The maximum atomic E-state index is 2.50. The summed E-state index contributed by atoms with van der Waals surface area (Å²) in [7, 11) is 0. The minimum atomic E-state index is 0.152. The monoisotopic (exact) mass is 663 g/mol. The van der Waals surface area contributed by atoms with Crippen LogP contribution in [0.1, 0.15) is 88.1 Å². The van der Waals surface area contributed by atoms with Crippen molar-refractivity contribution in [3.63, 3.8) is 0 Å². The molecule has 1 aliphatic carbocycles.